The number of benzene rings is 1. The van der Waals surface area contributed by atoms with Gasteiger partial charge in [0, 0.05) is 0 Å². The summed E-state index contributed by atoms with van der Waals surface area (Å²) in [6, 6.07) is 9.06. The van der Waals surface area contributed by atoms with Crippen molar-refractivity contribution in [1.29, 1.82) is 0 Å². The van der Waals surface area contributed by atoms with E-state index in [0.29, 0.717) is 10.8 Å². The molecule has 0 heteroatoms. The third-order valence-electron chi connectivity index (χ3n) is 4.24. The van der Waals surface area contributed by atoms with Gasteiger partial charge in [0.2, 0.25) is 0 Å². The molecule has 1 aliphatic rings. The van der Waals surface area contributed by atoms with Crippen LogP contribution in [0.4, 0.5) is 0 Å². The Kier molecular flexibility index (Phi) is 2.86. The largest absolute Gasteiger partial charge is 0.0620 e. The summed E-state index contributed by atoms with van der Waals surface area (Å²) in [6.45, 7) is 9.58. The zero-order chi connectivity index (χ0) is 11.8. The molecule has 0 N–H and O–H groups in total. The minimum Gasteiger partial charge on any atom is -0.0620 e. The van der Waals surface area contributed by atoms with Gasteiger partial charge in [0.25, 0.3) is 0 Å². The van der Waals surface area contributed by atoms with E-state index in [1.54, 1.807) is 11.1 Å². The number of hydrogen-bond donors (Lipinski definition) is 0. The molecule has 0 saturated carbocycles. The molecule has 0 aliphatic heterocycles. The highest BCUT2D eigenvalue weighted by atomic mass is 14.4. The van der Waals surface area contributed by atoms with E-state index in [2.05, 4.69) is 52.0 Å². The van der Waals surface area contributed by atoms with E-state index in [0.717, 1.165) is 0 Å². The van der Waals surface area contributed by atoms with Crippen LogP contribution in [-0.2, 0) is 10.8 Å². The van der Waals surface area contributed by atoms with E-state index in [1.165, 1.54) is 25.7 Å². The molecule has 16 heavy (non-hydrogen) atoms. The zero-order valence-electron chi connectivity index (χ0n) is 11.1. The lowest BCUT2D eigenvalue weighted by atomic mass is 9.67. The molecule has 1 aromatic carbocycles. The highest BCUT2D eigenvalue weighted by Crippen LogP contribution is 2.41. The van der Waals surface area contributed by atoms with E-state index in [9.17, 15) is 0 Å². The van der Waals surface area contributed by atoms with Crippen molar-refractivity contribution >= 4 is 0 Å². The van der Waals surface area contributed by atoms with Gasteiger partial charge in [0.1, 0.15) is 0 Å². The van der Waals surface area contributed by atoms with E-state index >= 15 is 0 Å². The molecular formula is C16H24. The maximum Gasteiger partial charge on any atom is -0.0101 e. The van der Waals surface area contributed by atoms with Crippen molar-refractivity contribution in [3.63, 3.8) is 0 Å². The molecule has 0 saturated heterocycles. The zero-order valence-corrected chi connectivity index (χ0v) is 11.1. The summed E-state index contributed by atoms with van der Waals surface area (Å²) >= 11 is 0. The Bertz CT molecular complexity index is 334. The Balaban J connectivity index is 2.57. The van der Waals surface area contributed by atoms with Gasteiger partial charge in [0.05, 0.1) is 0 Å². The highest BCUT2D eigenvalue weighted by molar-refractivity contribution is 5.38. The molecule has 1 aliphatic carbocycles. The lowest BCUT2D eigenvalue weighted by Gasteiger charge is -2.37. The minimum atomic E-state index is 0.342. The molecule has 0 amide bonds. The van der Waals surface area contributed by atoms with Gasteiger partial charge in [-0.15, -0.1) is 0 Å². The van der Waals surface area contributed by atoms with Crippen molar-refractivity contribution in [2.45, 2.75) is 64.2 Å². The fourth-order valence-electron chi connectivity index (χ4n) is 3.07. The molecule has 0 heterocycles. The SMILES string of the molecule is CC1(C)CCCCC(C)(C)c2ccccc21. The highest BCUT2D eigenvalue weighted by Gasteiger charge is 2.31. The van der Waals surface area contributed by atoms with Crippen LogP contribution in [0, 0.1) is 0 Å². The van der Waals surface area contributed by atoms with Crippen LogP contribution in [0.1, 0.15) is 64.5 Å². The van der Waals surface area contributed by atoms with Crippen LogP contribution in [-0.4, -0.2) is 0 Å². The molecular weight excluding hydrogens is 192 g/mol. The Hall–Kier alpha value is -0.780. The molecule has 0 fully saturated rings. The lowest BCUT2D eigenvalue weighted by molar-refractivity contribution is 0.366. The minimum absolute atomic E-state index is 0.342. The Morgan fingerprint density at radius 2 is 1.12 bits per heavy atom. The molecule has 0 aromatic heterocycles. The Labute approximate surface area is 100 Å². The van der Waals surface area contributed by atoms with Gasteiger partial charge < -0.3 is 0 Å². The second-order valence-electron chi connectivity index (χ2n) is 6.52. The van der Waals surface area contributed by atoms with Crippen LogP contribution in [0.5, 0.6) is 0 Å². The lowest BCUT2D eigenvalue weighted by Crippen LogP contribution is -2.28. The monoisotopic (exact) mass is 216 g/mol. The van der Waals surface area contributed by atoms with Crippen molar-refractivity contribution in [2.75, 3.05) is 0 Å². The quantitative estimate of drug-likeness (QED) is 0.583. The molecule has 1 aromatic rings. The standard InChI is InChI=1S/C16H24/c1-15(2)11-7-8-12-16(3,4)14-10-6-5-9-13(14)15/h5-6,9-10H,7-8,11-12H2,1-4H3. The summed E-state index contributed by atoms with van der Waals surface area (Å²) in [6.07, 6.45) is 5.37. The van der Waals surface area contributed by atoms with Gasteiger partial charge in [-0.2, -0.15) is 0 Å². The van der Waals surface area contributed by atoms with Gasteiger partial charge in [-0.05, 0) is 34.8 Å². The maximum atomic E-state index is 2.40. The molecule has 0 atom stereocenters. The van der Waals surface area contributed by atoms with Crippen molar-refractivity contribution in [3.05, 3.63) is 35.4 Å². The molecule has 0 radical (unpaired) electrons. The molecule has 0 unspecified atom stereocenters. The van der Waals surface area contributed by atoms with E-state index in [4.69, 9.17) is 0 Å². The van der Waals surface area contributed by atoms with Crippen molar-refractivity contribution in [3.8, 4) is 0 Å². The Morgan fingerprint density at radius 1 is 0.750 bits per heavy atom. The summed E-state index contributed by atoms with van der Waals surface area (Å²) < 4.78 is 0. The maximum absolute atomic E-state index is 2.40. The number of hydrogen-bond acceptors (Lipinski definition) is 0. The number of fused-ring (bicyclic) bond motifs is 1. The molecule has 2 rings (SSSR count). The van der Waals surface area contributed by atoms with E-state index < -0.39 is 0 Å². The van der Waals surface area contributed by atoms with Crippen molar-refractivity contribution in [2.24, 2.45) is 0 Å². The first-order valence-electron chi connectivity index (χ1n) is 6.53. The van der Waals surface area contributed by atoms with Gasteiger partial charge in [-0.25, -0.2) is 0 Å². The topological polar surface area (TPSA) is 0 Å². The third kappa shape index (κ3) is 2.03. The fourth-order valence-corrected chi connectivity index (χ4v) is 3.07. The second-order valence-corrected chi connectivity index (χ2v) is 6.52. The van der Waals surface area contributed by atoms with Crippen LogP contribution < -0.4 is 0 Å². The van der Waals surface area contributed by atoms with Crippen molar-refractivity contribution in [1.82, 2.24) is 0 Å². The van der Waals surface area contributed by atoms with Crippen LogP contribution >= 0.6 is 0 Å². The van der Waals surface area contributed by atoms with Gasteiger partial charge in [-0.3, -0.25) is 0 Å². The molecule has 88 valence electrons. The first-order chi connectivity index (χ1) is 7.43. The van der Waals surface area contributed by atoms with E-state index in [-0.39, 0.29) is 0 Å². The average Bonchev–Trinajstić information content (AvgIpc) is 2.24. The summed E-state index contributed by atoms with van der Waals surface area (Å²) in [7, 11) is 0. The van der Waals surface area contributed by atoms with Crippen LogP contribution in [0.15, 0.2) is 24.3 Å². The van der Waals surface area contributed by atoms with Gasteiger partial charge >= 0.3 is 0 Å². The van der Waals surface area contributed by atoms with Crippen LogP contribution in [0.2, 0.25) is 0 Å². The van der Waals surface area contributed by atoms with E-state index in [1.807, 2.05) is 0 Å². The molecule has 0 spiro atoms. The predicted molar refractivity (Wildman–Crippen MR) is 71.0 cm³/mol. The summed E-state index contributed by atoms with van der Waals surface area (Å²) in [4.78, 5) is 0. The van der Waals surface area contributed by atoms with Crippen LogP contribution in [0.3, 0.4) is 0 Å². The van der Waals surface area contributed by atoms with Crippen LogP contribution in [0.25, 0.3) is 0 Å². The smallest absolute Gasteiger partial charge is 0.0101 e. The first-order valence-corrected chi connectivity index (χ1v) is 6.53. The normalized spacial score (nSPS) is 23.0. The fraction of sp³-hybridized carbons (Fsp3) is 0.625. The van der Waals surface area contributed by atoms with Crippen molar-refractivity contribution < 1.29 is 0 Å². The third-order valence-corrected chi connectivity index (χ3v) is 4.24. The summed E-state index contributed by atoms with van der Waals surface area (Å²) in [5, 5.41) is 0. The van der Waals surface area contributed by atoms with Gasteiger partial charge in [0.15, 0.2) is 0 Å². The summed E-state index contributed by atoms with van der Waals surface area (Å²) in [5.41, 5.74) is 3.82. The molecule has 0 nitrogen and oxygen atoms in total. The predicted octanol–water partition coefficient (Wildman–Crippen LogP) is 4.82. The average molecular weight is 216 g/mol. The van der Waals surface area contributed by atoms with Gasteiger partial charge in [-0.1, -0.05) is 64.8 Å². The summed E-state index contributed by atoms with van der Waals surface area (Å²) in [5.74, 6) is 0. The first kappa shape index (κ1) is 11.7. The molecule has 0 bridgehead atoms. The second kappa shape index (κ2) is 3.91. The number of rotatable bonds is 0. The Morgan fingerprint density at radius 3 is 1.50 bits per heavy atom.